The first-order valence-corrected chi connectivity index (χ1v) is 7.39. The second-order valence-electron chi connectivity index (χ2n) is 5.86. The van der Waals surface area contributed by atoms with E-state index in [-0.39, 0.29) is 11.6 Å². The van der Waals surface area contributed by atoms with Gasteiger partial charge < -0.3 is 10.4 Å². The molecule has 0 amide bonds. The van der Waals surface area contributed by atoms with Crippen LogP contribution in [0.2, 0.25) is 0 Å². The molecule has 0 radical (unpaired) electrons. The lowest BCUT2D eigenvalue weighted by atomic mass is 10.1. The number of aryl methyl sites for hydroxylation is 2. The monoisotopic (exact) mass is 267 g/mol. The van der Waals surface area contributed by atoms with Crippen molar-refractivity contribution in [3.8, 4) is 0 Å². The summed E-state index contributed by atoms with van der Waals surface area (Å²) in [6, 6.07) is 6.44. The van der Waals surface area contributed by atoms with E-state index in [1.165, 1.54) is 16.0 Å². The lowest BCUT2D eigenvalue weighted by Gasteiger charge is -2.22. The third-order valence-electron chi connectivity index (χ3n) is 2.63. The van der Waals surface area contributed by atoms with E-state index in [0.29, 0.717) is 6.54 Å². The number of thioether (sulfide) groups is 1. The van der Waals surface area contributed by atoms with Gasteiger partial charge in [0.2, 0.25) is 0 Å². The Morgan fingerprint density at radius 2 is 1.94 bits per heavy atom. The highest BCUT2D eigenvalue weighted by Gasteiger charge is 2.12. The van der Waals surface area contributed by atoms with E-state index >= 15 is 0 Å². The maximum Gasteiger partial charge on any atom is 0.0758 e. The summed E-state index contributed by atoms with van der Waals surface area (Å²) in [5, 5.41) is 13.3. The van der Waals surface area contributed by atoms with Crippen molar-refractivity contribution in [3.05, 3.63) is 29.3 Å². The average molecular weight is 267 g/mol. The summed E-state index contributed by atoms with van der Waals surface area (Å²) in [7, 11) is 0. The second-order valence-corrected chi connectivity index (χ2v) is 6.93. The molecule has 2 nitrogen and oxygen atoms in total. The molecule has 0 aliphatic rings. The van der Waals surface area contributed by atoms with Crippen LogP contribution >= 0.6 is 11.8 Å². The van der Waals surface area contributed by atoms with Gasteiger partial charge in [-0.25, -0.2) is 0 Å². The zero-order valence-electron chi connectivity index (χ0n) is 12.1. The van der Waals surface area contributed by atoms with Gasteiger partial charge in [-0.2, -0.15) is 0 Å². The van der Waals surface area contributed by atoms with E-state index in [9.17, 15) is 5.11 Å². The first kappa shape index (κ1) is 15.5. The molecular formula is C15H25NOS. The number of aliphatic hydroxyl groups excluding tert-OH is 1. The number of rotatable bonds is 5. The van der Waals surface area contributed by atoms with Gasteiger partial charge in [0, 0.05) is 22.7 Å². The number of aliphatic hydroxyl groups is 1. The minimum atomic E-state index is -0.310. The Labute approximate surface area is 115 Å². The van der Waals surface area contributed by atoms with Crippen LogP contribution < -0.4 is 5.32 Å². The highest BCUT2D eigenvalue weighted by atomic mass is 32.2. The molecule has 102 valence electrons. The Morgan fingerprint density at radius 3 is 2.50 bits per heavy atom. The normalized spacial score (nSPS) is 13.7. The zero-order valence-corrected chi connectivity index (χ0v) is 12.9. The fourth-order valence-corrected chi connectivity index (χ4v) is 2.57. The summed E-state index contributed by atoms with van der Waals surface area (Å²) < 4.78 is 0. The van der Waals surface area contributed by atoms with Gasteiger partial charge in [0.25, 0.3) is 0 Å². The summed E-state index contributed by atoms with van der Waals surface area (Å²) in [4.78, 5) is 1.26. The topological polar surface area (TPSA) is 32.3 Å². The molecule has 0 aromatic heterocycles. The van der Waals surface area contributed by atoms with Crippen molar-refractivity contribution in [1.29, 1.82) is 0 Å². The number of hydrogen-bond acceptors (Lipinski definition) is 3. The average Bonchev–Trinajstić information content (AvgIpc) is 2.24. The summed E-state index contributed by atoms with van der Waals surface area (Å²) in [6.45, 7) is 11.2. The molecule has 0 saturated heterocycles. The number of nitrogens with one attached hydrogen (secondary N) is 1. The van der Waals surface area contributed by atoms with Crippen LogP contribution in [0.15, 0.2) is 23.1 Å². The molecule has 0 bridgehead atoms. The summed E-state index contributed by atoms with van der Waals surface area (Å²) >= 11 is 1.72. The van der Waals surface area contributed by atoms with Gasteiger partial charge in [-0.05, 0) is 46.2 Å². The van der Waals surface area contributed by atoms with Crippen LogP contribution in [0.4, 0.5) is 0 Å². The maximum absolute atomic E-state index is 9.94. The molecule has 0 heterocycles. The predicted octanol–water partition coefficient (Wildman–Crippen LogP) is 3.14. The fraction of sp³-hybridized carbons (Fsp3) is 0.600. The molecule has 2 N–H and O–H groups in total. The molecule has 18 heavy (non-hydrogen) atoms. The van der Waals surface area contributed by atoms with Crippen LogP contribution in [0.5, 0.6) is 0 Å². The molecule has 1 aromatic rings. The molecule has 0 spiro atoms. The van der Waals surface area contributed by atoms with Gasteiger partial charge >= 0.3 is 0 Å². The van der Waals surface area contributed by atoms with Crippen LogP contribution in [0.25, 0.3) is 0 Å². The highest BCUT2D eigenvalue weighted by molar-refractivity contribution is 7.99. The zero-order chi connectivity index (χ0) is 13.8. The summed E-state index contributed by atoms with van der Waals surface area (Å²) in [5.74, 6) is 0.729. The van der Waals surface area contributed by atoms with E-state index in [4.69, 9.17) is 0 Å². The summed E-state index contributed by atoms with van der Waals surface area (Å²) in [5.41, 5.74) is 2.63. The highest BCUT2D eigenvalue weighted by Crippen LogP contribution is 2.23. The van der Waals surface area contributed by atoms with Crippen molar-refractivity contribution in [2.75, 3.05) is 12.3 Å². The van der Waals surface area contributed by atoms with Crippen LogP contribution in [0, 0.1) is 13.8 Å². The van der Waals surface area contributed by atoms with Gasteiger partial charge in [-0.15, -0.1) is 11.8 Å². The van der Waals surface area contributed by atoms with Crippen LogP contribution in [0.1, 0.15) is 31.9 Å². The lowest BCUT2D eigenvalue weighted by Crippen LogP contribution is -2.41. The third-order valence-corrected chi connectivity index (χ3v) is 3.95. The molecular weight excluding hydrogens is 242 g/mol. The third kappa shape index (κ3) is 5.89. The van der Waals surface area contributed by atoms with Crippen molar-refractivity contribution >= 4 is 11.8 Å². The van der Waals surface area contributed by atoms with Crippen LogP contribution in [-0.4, -0.2) is 29.0 Å². The lowest BCUT2D eigenvalue weighted by molar-refractivity contribution is 0.183. The van der Waals surface area contributed by atoms with Crippen LogP contribution in [0.3, 0.4) is 0 Å². The molecule has 1 aromatic carbocycles. The van der Waals surface area contributed by atoms with Gasteiger partial charge in [-0.1, -0.05) is 17.7 Å². The first-order chi connectivity index (χ1) is 8.28. The van der Waals surface area contributed by atoms with E-state index in [2.05, 4.69) is 58.1 Å². The molecule has 1 unspecified atom stereocenters. The Balaban J connectivity index is 2.40. The van der Waals surface area contributed by atoms with E-state index in [1.54, 1.807) is 11.8 Å². The maximum atomic E-state index is 9.94. The molecule has 1 atom stereocenters. The van der Waals surface area contributed by atoms with Gasteiger partial charge in [0.1, 0.15) is 0 Å². The Hall–Kier alpha value is -0.510. The number of β-amino-alcohol motifs (C(OH)–C–C–N with tert-alkyl or cyclic N) is 1. The van der Waals surface area contributed by atoms with Crippen molar-refractivity contribution in [2.45, 2.75) is 51.2 Å². The Morgan fingerprint density at radius 1 is 1.28 bits per heavy atom. The van der Waals surface area contributed by atoms with Gasteiger partial charge in [0.05, 0.1) is 6.10 Å². The van der Waals surface area contributed by atoms with E-state index in [0.717, 1.165) is 5.75 Å². The molecule has 0 fully saturated rings. The molecule has 0 aliphatic heterocycles. The standard InChI is InChI=1S/C15H25NOS/c1-11-6-7-14(12(2)8-11)18-10-13(17)9-16-15(3,4)5/h6-8,13,16-17H,9-10H2,1-5H3. The van der Waals surface area contributed by atoms with Crippen molar-refractivity contribution in [2.24, 2.45) is 0 Å². The van der Waals surface area contributed by atoms with Gasteiger partial charge in [0.15, 0.2) is 0 Å². The smallest absolute Gasteiger partial charge is 0.0758 e. The van der Waals surface area contributed by atoms with E-state index in [1.807, 2.05) is 0 Å². The van der Waals surface area contributed by atoms with Gasteiger partial charge in [-0.3, -0.25) is 0 Å². The largest absolute Gasteiger partial charge is 0.391 e. The number of hydrogen-bond donors (Lipinski definition) is 2. The quantitative estimate of drug-likeness (QED) is 0.804. The minimum Gasteiger partial charge on any atom is -0.391 e. The Kier molecular flexibility index (Phi) is 5.70. The molecule has 1 rings (SSSR count). The fourth-order valence-electron chi connectivity index (χ4n) is 1.63. The number of benzene rings is 1. The minimum absolute atomic E-state index is 0.0609. The van der Waals surface area contributed by atoms with Crippen LogP contribution in [-0.2, 0) is 0 Å². The molecule has 0 saturated carbocycles. The predicted molar refractivity (Wildman–Crippen MR) is 80.4 cm³/mol. The first-order valence-electron chi connectivity index (χ1n) is 6.41. The van der Waals surface area contributed by atoms with Crippen molar-refractivity contribution in [1.82, 2.24) is 5.32 Å². The second kappa shape index (κ2) is 6.60. The summed E-state index contributed by atoms with van der Waals surface area (Å²) in [6.07, 6.45) is -0.310. The van der Waals surface area contributed by atoms with Crippen molar-refractivity contribution < 1.29 is 5.11 Å². The van der Waals surface area contributed by atoms with Crippen molar-refractivity contribution in [3.63, 3.8) is 0 Å². The molecule has 3 heteroatoms. The molecule has 0 aliphatic carbocycles. The SMILES string of the molecule is Cc1ccc(SCC(O)CNC(C)(C)C)c(C)c1. The van der Waals surface area contributed by atoms with E-state index < -0.39 is 0 Å². The Bertz CT molecular complexity index is 385.